The van der Waals surface area contributed by atoms with Crippen LogP contribution in [0.2, 0.25) is 0 Å². The third kappa shape index (κ3) is 4.69. The lowest BCUT2D eigenvalue weighted by atomic mass is 10.2. The van der Waals surface area contributed by atoms with Crippen LogP contribution in [0.15, 0.2) is 41.2 Å². The third-order valence-electron chi connectivity index (χ3n) is 4.18. The highest BCUT2D eigenvalue weighted by Crippen LogP contribution is 2.38. The van der Waals surface area contributed by atoms with Crippen LogP contribution in [0.1, 0.15) is 36.0 Å². The van der Waals surface area contributed by atoms with Crippen molar-refractivity contribution in [2.24, 2.45) is 0 Å². The summed E-state index contributed by atoms with van der Waals surface area (Å²) in [6, 6.07) is 5.97. The summed E-state index contributed by atoms with van der Waals surface area (Å²) in [5, 5.41) is 13.5. The zero-order valence-corrected chi connectivity index (χ0v) is 14.6. The first-order chi connectivity index (χ1) is 13.2. The molecule has 1 aliphatic carbocycles. The Balaban J connectivity index is 1.22. The van der Waals surface area contributed by atoms with Crippen LogP contribution in [0.3, 0.4) is 0 Å². The number of carbonyl (C=O) groups is 1. The molecule has 2 heterocycles. The quantitative estimate of drug-likeness (QED) is 0.666. The van der Waals surface area contributed by atoms with Gasteiger partial charge in [-0.1, -0.05) is 17.3 Å². The number of amides is 2. The average molecular weight is 370 g/mol. The molecule has 1 aliphatic rings. The lowest BCUT2D eigenvalue weighted by Crippen LogP contribution is -2.30. The number of benzene rings is 1. The maximum absolute atomic E-state index is 13.2. The molecule has 0 atom stereocenters. The smallest absolute Gasteiger partial charge is 0.319 e. The topological polar surface area (TPSA) is 97.9 Å². The molecular formula is C18H19FN6O2. The number of urea groups is 1. The van der Waals surface area contributed by atoms with Crippen molar-refractivity contribution in [2.45, 2.75) is 31.7 Å². The highest BCUT2D eigenvalue weighted by molar-refractivity contribution is 5.88. The van der Waals surface area contributed by atoms with Gasteiger partial charge in [-0.25, -0.2) is 9.18 Å². The van der Waals surface area contributed by atoms with Gasteiger partial charge in [0.05, 0.1) is 18.4 Å². The van der Waals surface area contributed by atoms with Crippen molar-refractivity contribution >= 4 is 11.7 Å². The number of nitrogens with zero attached hydrogens (tertiary/aromatic N) is 4. The molecule has 0 bridgehead atoms. The van der Waals surface area contributed by atoms with Crippen LogP contribution >= 0.6 is 0 Å². The Kier molecular flexibility index (Phi) is 4.82. The Hall–Kier alpha value is -3.23. The van der Waals surface area contributed by atoms with E-state index in [9.17, 15) is 9.18 Å². The SMILES string of the molecule is O=C(NCCc1nc(C2CC2)no1)Nc1cnn(Cc2cccc(F)c2)c1. The van der Waals surface area contributed by atoms with E-state index in [1.54, 1.807) is 23.1 Å². The van der Waals surface area contributed by atoms with Crippen molar-refractivity contribution in [1.82, 2.24) is 25.2 Å². The van der Waals surface area contributed by atoms with Gasteiger partial charge < -0.3 is 15.2 Å². The van der Waals surface area contributed by atoms with E-state index in [4.69, 9.17) is 4.52 Å². The molecule has 2 aromatic heterocycles. The number of hydrogen-bond acceptors (Lipinski definition) is 5. The van der Waals surface area contributed by atoms with E-state index < -0.39 is 0 Å². The minimum absolute atomic E-state index is 0.289. The van der Waals surface area contributed by atoms with Crippen LogP contribution in [0, 0.1) is 5.82 Å². The van der Waals surface area contributed by atoms with Crippen molar-refractivity contribution in [3.8, 4) is 0 Å². The lowest BCUT2D eigenvalue weighted by molar-refractivity contribution is 0.252. The molecule has 0 aliphatic heterocycles. The number of carbonyl (C=O) groups excluding carboxylic acids is 1. The monoisotopic (exact) mass is 370 g/mol. The Morgan fingerprint density at radius 3 is 3.07 bits per heavy atom. The van der Waals surface area contributed by atoms with E-state index in [2.05, 4.69) is 25.9 Å². The minimum Gasteiger partial charge on any atom is -0.339 e. The van der Waals surface area contributed by atoms with Gasteiger partial charge in [-0.15, -0.1) is 0 Å². The summed E-state index contributed by atoms with van der Waals surface area (Å²) in [5.74, 6) is 1.45. The molecule has 27 heavy (non-hydrogen) atoms. The molecule has 8 nitrogen and oxygen atoms in total. The predicted molar refractivity (Wildman–Crippen MR) is 94.7 cm³/mol. The molecule has 2 amide bonds. The number of hydrogen-bond donors (Lipinski definition) is 2. The van der Waals surface area contributed by atoms with Crippen LogP contribution < -0.4 is 10.6 Å². The summed E-state index contributed by atoms with van der Waals surface area (Å²) in [5.41, 5.74) is 1.34. The number of anilines is 1. The first-order valence-electron chi connectivity index (χ1n) is 8.80. The normalized spacial score (nSPS) is 13.5. The zero-order valence-electron chi connectivity index (χ0n) is 14.6. The molecule has 1 saturated carbocycles. The summed E-state index contributed by atoms with van der Waals surface area (Å²) in [6.07, 6.45) is 5.94. The first-order valence-corrected chi connectivity index (χ1v) is 8.80. The second-order valence-electron chi connectivity index (χ2n) is 6.51. The molecule has 0 spiro atoms. The number of rotatable bonds is 7. The van der Waals surface area contributed by atoms with Gasteiger partial charge in [0.15, 0.2) is 5.82 Å². The minimum atomic E-state index is -0.345. The van der Waals surface area contributed by atoms with E-state index in [-0.39, 0.29) is 11.8 Å². The second kappa shape index (κ2) is 7.56. The van der Waals surface area contributed by atoms with Crippen LogP contribution in [0.4, 0.5) is 14.9 Å². The Morgan fingerprint density at radius 2 is 2.26 bits per heavy atom. The van der Waals surface area contributed by atoms with Crippen molar-refractivity contribution in [1.29, 1.82) is 0 Å². The van der Waals surface area contributed by atoms with Gasteiger partial charge in [-0.2, -0.15) is 10.1 Å². The molecule has 4 rings (SSSR count). The number of halogens is 1. The van der Waals surface area contributed by atoms with Crippen LogP contribution in [-0.2, 0) is 13.0 Å². The summed E-state index contributed by atoms with van der Waals surface area (Å²) < 4.78 is 20.0. The first kappa shape index (κ1) is 17.2. The molecule has 2 N–H and O–H groups in total. The van der Waals surface area contributed by atoms with Gasteiger partial charge in [0, 0.05) is 25.1 Å². The molecular weight excluding hydrogens is 351 g/mol. The Labute approximate surface area is 154 Å². The molecule has 1 aromatic carbocycles. The van der Waals surface area contributed by atoms with Crippen LogP contribution in [0.25, 0.3) is 0 Å². The molecule has 9 heteroatoms. The Morgan fingerprint density at radius 1 is 1.37 bits per heavy atom. The Bertz CT molecular complexity index is 933. The molecule has 140 valence electrons. The molecule has 0 unspecified atom stereocenters. The maximum Gasteiger partial charge on any atom is 0.319 e. The van der Waals surface area contributed by atoms with Crippen LogP contribution in [0.5, 0.6) is 0 Å². The highest BCUT2D eigenvalue weighted by Gasteiger charge is 2.28. The van der Waals surface area contributed by atoms with Gasteiger partial charge in [-0.05, 0) is 30.5 Å². The van der Waals surface area contributed by atoms with Crippen molar-refractivity contribution in [3.63, 3.8) is 0 Å². The number of aromatic nitrogens is 4. The van der Waals surface area contributed by atoms with Gasteiger partial charge in [0.2, 0.25) is 5.89 Å². The van der Waals surface area contributed by atoms with Crippen molar-refractivity contribution < 1.29 is 13.7 Å². The van der Waals surface area contributed by atoms with E-state index in [1.807, 2.05) is 6.07 Å². The lowest BCUT2D eigenvalue weighted by Gasteiger charge is -2.04. The molecule has 3 aromatic rings. The molecule has 0 radical (unpaired) electrons. The predicted octanol–water partition coefficient (Wildman–Crippen LogP) is 2.70. The summed E-state index contributed by atoms with van der Waals surface area (Å²) in [4.78, 5) is 16.3. The fraction of sp³-hybridized carbons (Fsp3) is 0.333. The maximum atomic E-state index is 13.2. The molecule has 1 fully saturated rings. The fourth-order valence-corrected chi connectivity index (χ4v) is 2.67. The van der Waals surface area contributed by atoms with Crippen molar-refractivity contribution in [3.05, 3.63) is 59.8 Å². The van der Waals surface area contributed by atoms with Gasteiger partial charge >= 0.3 is 6.03 Å². The van der Waals surface area contributed by atoms with E-state index in [0.717, 1.165) is 24.2 Å². The van der Waals surface area contributed by atoms with E-state index in [1.165, 1.54) is 12.1 Å². The van der Waals surface area contributed by atoms with Gasteiger partial charge in [-0.3, -0.25) is 4.68 Å². The third-order valence-corrected chi connectivity index (χ3v) is 4.18. The zero-order chi connectivity index (χ0) is 18.6. The summed E-state index contributed by atoms with van der Waals surface area (Å²) in [6.45, 7) is 0.803. The standard InChI is InChI=1S/C18H19FN6O2/c19-14-3-1-2-12(8-14)10-25-11-15(9-21-25)22-18(26)20-7-6-16-23-17(24-27-16)13-4-5-13/h1-3,8-9,11,13H,4-7,10H2,(H2,20,22,26). The highest BCUT2D eigenvalue weighted by atomic mass is 19.1. The average Bonchev–Trinajstić information content (AvgIpc) is 3.23. The van der Waals surface area contributed by atoms with Crippen LogP contribution in [-0.4, -0.2) is 32.5 Å². The summed E-state index contributed by atoms with van der Waals surface area (Å²) >= 11 is 0. The van der Waals surface area contributed by atoms with Gasteiger partial charge in [0.1, 0.15) is 5.82 Å². The molecule has 0 saturated heterocycles. The van der Waals surface area contributed by atoms with E-state index in [0.29, 0.717) is 37.0 Å². The largest absolute Gasteiger partial charge is 0.339 e. The summed E-state index contributed by atoms with van der Waals surface area (Å²) in [7, 11) is 0. The second-order valence-corrected chi connectivity index (χ2v) is 6.51. The van der Waals surface area contributed by atoms with Gasteiger partial charge in [0.25, 0.3) is 0 Å². The number of nitrogens with one attached hydrogen (secondary N) is 2. The van der Waals surface area contributed by atoms with Crippen molar-refractivity contribution in [2.75, 3.05) is 11.9 Å². The fourth-order valence-electron chi connectivity index (χ4n) is 2.67. The van der Waals surface area contributed by atoms with E-state index >= 15 is 0 Å².